The maximum Gasteiger partial charge on any atom is 0.254 e. The first-order valence-corrected chi connectivity index (χ1v) is 9.20. The molecule has 1 aromatic heterocycles. The van der Waals surface area contributed by atoms with Crippen LogP contribution in [0.15, 0.2) is 71.1 Å². The van der Waals surface area contributed by atoms with Crippen LogP contribution in [0.5, 0.6) is 0 Å². The SMILES string of the molecule is O=C(c1ccc(F)cc1)N(Cc1ccc(F)cc1)Cc1nc2cc(Cl)ccc2o1. The van der Waals surface area contributed by atoms with E-state index in [-0.39, 0.29) is 24.8 Å². The van der Waals surface area contributed by atoms with E-state index in [1.165, 1.54) is 41.3 Å². The predicted octanol–water partition coefficient (Wildman–Crippen LogP) is 5.60. The van der Waals surface area contributed by atoms with E-state index in [2.05, 4.69) is 4.98 Å². The molecule has 4 nitrogen and oxygen atoms in total. The summed E-state index contributed by atoms with van der Waals surface area (Å²) >= 11 is 5.99. The van der Waals surface area contributed by atoms with Gasteiger partial charge in [-0.2, -0.15) is 0 Å². The highest BCUT2D eigenvalue weighted by Crippen LogP contribution is 2.22. The average molecular weight is 413 g/mol. The summed E-state index contributed by atoms with van der Waals surface area (Å²) in [6.45, 7) is 0.288. The molecule has 0 radical (unpaired) electrons. The van der Waals surface area contributed by atoms with Crippen molar-refractivity contribution in [3.8, 4) is 0 Å². The number of nitrogens with zero attached hydrogens (tertiary/aromatic N) is 2. The summed E-state index contributed by atoms with van der Waals surface area (Å²) in [5.74, 6) is -0.780. The molecule has 4 rings (SSSR count). The fraction of sp³-hybridized carbons (Fsp3) is 0.0909. The molecule has 7 heteroatoms. The van der Waals surface area contributed by atoms with E-state index in [9.17, 15) is 13.6 Å². The summed E-state index contributed by atoms with van der Waals surface area (Å²) < 4.78 is 32.2. The summed E-state index contributed by atoms with van der Waals surface area (Å²) in [5, 5.41) is 0.530. The van der Waals surface area contributed by atoms with Gasteiger partial charge in [-0.1, -0.05) is 23.7 Å². The second kappa shape index (κ2) is 8.01. The number of carbonyl (C=O) groups is 1. The lowest BCUT2D eigenvalue weighted by molar-refractivity contribution is 0.0715. The highest BCUT2D eigenvalue weighted by atomic mass is 35.5. The molecule has 146 valence electrons. The average Bonchev–Trinajstić information content (AvgIpc) is 3.10. The molecule has 0 aliphatic rings. The van der Waals surface area contributed by atoms with Crippen LogP contribution >= 0.6 is 11.6 Å². The van der Waals surface area contributed by atoms with Gasteiger partial charge in [0.2, 0.25) is 5.89 Å². The minimum atomic E-state index is -0.428. The second-order valence-electron chi connectivity index (χ2n) is 6.51. The first-order chi connectivity index (χ1) is 14.0. The Labute approximate surface area is 170 Å². The molecule has 29 heavy (non-hydrogen) atoms. The van der Waals surface area contributed by atoms with E-state index in [1.807, 2.05) is 0 Å². The topological polar surface area (TPSA) is 46.3 Å². The second-order valence-corrected chi connectivity index (χ2v) is 6.95. The van der Waals surface area contributed by atoms with E-state index >= 15 is 0 Å². The Bertz CT molecular complexity index is 1160. The molecule has 0 spiro atoms. The molecule has 0 fully saturated rings. The van der Waals surface area contributed by atoms with Gasteiger partial charge in [-0.15, -0.1) is 0 Å². The molecule has 0 aliphatic heterocycles. The third-order valence-corrected chi connectivity index (χ3v) is 4.62. The zero-order valence-electron chi connectivity index (χ0n) is 15.1. The fourth-order valence-corrected chi connectivity index (χ4v) is 3.13. The minimum Gasteiger partial charge on any atom is -0.439 e. The Morgan fingerprint density at radius 2 is 1.59 bits per heavy atom. The van der Waals surface area contributed by atoms with Crippen molar-refractivity contribution in [1.82, 2.24) is 9.88 Å². The van der Waals surface area contributed by atoms with Gasteiger partial charge in [-0.25, -0.2) is 13.8 Å². The Balaban J connectivity index is 1.64. The molecule has 0 saturated heterocycles. The zero-order valence-corrected chi connectivity index (χ0v) is 15.9. The molecule has 0 saturated carbocycles. The number of rotatable bonds is 5. The molecular weight excluding hydrogens is 398 g/mol. The van der Waals surface area contributed by atoms with Gasteiger partial charge in [0.25, 0.3) is 5.91 Å². The van der Waals surface area contributed by atoms with Crippen LogP contribution in [0.2, 0.25) is 5.02 Å². The van der Waals surface area contributed by atoms with E-state index in [0.29, 0.717) is 27.6 Å². The van der Waals surface area contributed by atoms with Crippen LogP contribution < -0.4 is 0 Å². The number of halogens is 3. The molecule has 0 aliphatic carbocycles. The number of fused-ring (bicyclic) bond motifs is 1. The lowest BCUT2D eigenvalue weighted by Crippen LogP contribution is -2.30. The van der Waals surface area contributed by atoms with Gasteiger partial charge in [-0.05, 0) is 60.2 Å². The molecule has 0 unspecified atom stereocenters. The molecule has 0 N–H and O–H groups in total. The number of carbonyl (C=O) groups excluding carboxylic acids is 1. The maximum atomic E-state index is 13.2. The van der Waals surface area contributed by atoms with Crippen LogP contribution in [0.1, 0.15) is 21.8 Å². The molecule has 0 bridgehead atoms. The highest BCUT2D eigenvalue weighted by molar-refractivity contribution is 6.31. The van der Waals surface area contributed by atoms with E-state index < -0.39 is 5.82 Å². The van der Waals surface area contributed by atoms with Crippen LogP contribution in [0.3, 0.4) is 0 Å². The van der Waals surface area contributed by atoms with Crippen molar-refractivity contribution < 1.29 is 18.0 Å². The van der Waals surface area contributed by atoms with E-state index in [4.69, 9.17) is 16.0 Å². The Morgan fingerprint density at radius 3 is 2.28 bits per heavy atom. The Kier molecular flexibility index (Phi) is 5.27. The quantitative estimate of drug-likeness (QED) is 0.428. The summed E-state index contributed by atoms with van der Waals surface area (Å²) in [7, 11) is 0. The molecular formula is C22H15ClF2N2O2. The van der Waals surface area contributed by atoms with Gasteiger partial charge in [0.15, 0.2) is 5.58 Å². The fourth-order valence-electron chi connectivity index (χ4n) is 2.96. The zero-order chi connectivity index (χ0) is 20.4. The predicted molar refractivity (Wildman–Crippen MR) is 105 cm³/mol. The van der Waals surface area contributed by atoms with Crippen molar-refractivity contribution >= 4 is 28.6 Å². The van der Waals surface area contributed by atoms with Crippen molar-refractivity contribution in [3.05, 3.63) is 100 Å². The summed E-state index contributed by atoms with van der Waals surface area (Å²) in [4.78, 5) is 18.9. The largest absolute Gasteiger partial charge is 0.439 e. The van der Waals surface area contributed by atoms with E-state index in [0.717, 1.165) is 5.56 Å². The lowest BCUT2D eigenvalue weighted by Gasteiger charge is -2.21. The van der Waals surface area contributed by atoms with Gasteiger partial charge < -0.3 is 9.32 Å². The van der Waals surface area contributed by atoms with Crippen molar-refractivity contribution in [1.29, 1.82) is 0 Å². The van der Waals surface area contributed by atoms with Crippen molar-refractivity contribution in [2.24, 2.45) is 0 Å². The monoisotopic (exact) mass is 412 g/mol. The van der Waals surface area contributed by atoms with Crippen molar-refractivity contribution in [2.75, 3.05) is 0 Å². The first-order valence-electron chi connectivity index (χ1n) is 8.82. The van der Waals surface area contributed by atoms with Crippen LogP contribution in [0, 0.1) is 11.6 Å². The Morgan fingerprint density at radius 1 is 0.931 bits per heavy atom. The third-order valence-electron chi connectivity index (χ3n) is 4.39. The summed E-state index contributed by atoms with van der Waals surface area (Å²) in [5.41, 5.74) is 2.21. The molecule has 3 aromatic carbocycles. The summed E-state index contributed by atoms with van der Waals surface area (Å²) in [6, 6.07) is 16.2. The van der Waals surface area contributed by atoms with E-state index in [1.54, 1.807) is 30.3 Å². The van der Waals surface area contributed by atoms with Crippen LogP contribution in [0.4, 0.5) is 8.78 Å². The molecule has 4 aromatic rings. The molecule has 1 heterocycles. The van der Waals surface area contributed by atoms with Crippen LogP contribution in [-0.2, 0) is 13.1 Å². The van der Waals surface area contributed by atoms with Gasteiger partial charge in [0.05, 0.1) is 6.54 Å². The molecule has 0 atom stereocenters. The number of amides is 1. The smallest absolute Gasteiger partial charge is 0.254 e. The normalized spacial score (nSPS) is 11.0. The lowest BCUT2D eigenvalue weighted by atomic mass is 10.1. The molecule has 1 amide bonds. The van der Waals surface area contributed by atoms with Gasteiger partial charge in [0.1, 0.15) is 17.2 Å². The first kappa shape index (κ1) is 19.1. The van der Waals surface area contributed by atoms with Crippen LogP contribution in [-0.4, -0.2) is 15.8 Å². The number of oxazole rings is 1. The van der Waals surface area contributed by atoms with Crippen LogP contribution in [0.25, 0.3) is 11.1 Å². The maximum absolute atomic E-state index is 13.2. The minimum absolute atomic E-state index is 0.0832. The number of benzene rings is 3. The number of hydrogen-bond acceptors (Lipinski definition) is 3. The number of hydrogen-bond donors (Lipinski definition) is 0. The van der Waals surface area contributed by atoms with Crippen molar-refractivity contribution in [3.63, 3.8) is 0 Å². The standard InChI is InChI=1S/C22H15ClF2N2O2/c23-16-5-10-20-19(11-16)26-21(29-20)13-27(12-14-1-6-17(24)7-2-14)22(28)15-3-8-18(25)9-4-15/h1-11H,12-13H2. The van der Waals surface area contributed by atoms with Gasteiger partial charge in [0, 0.05) is 17.1 Å². The van der Waals surface area contributed by atoms with Gasteiger partial charge in [-0.3, -0.25) is 4.79 Å². The highest BCUT2D eigenvalue weighted by Gasteiger charge is 2.20. The number of aromatic nitrogens is 1. The third kappa shape index (κ3) is 4.43. The Hall–Kier alpha value is -3.25. The van der Waals surface area contributed by atoms with Crippen molar-refractivity contribution in [2.45, 2.75) is 13.1 Å². The van der Waals surface area contributed by atoms with Gasteiger partial charge >= 0.3 is 0 Å². The summed E-state index contributed by atoms with van der Waals surface area (Å²) in [6.07, 6.45) is 0.